The molecule has 3 rings (SSSR count). The predicted octanol–water partition coefficient (Wildman–Crippen LogP) is 3.93. The molecule has 1 heterocycles. The maximum Gasteiger partial charge on any atom is 0.325 e. The van der Waals surface area contributed by atoms with Crippen molar-refractivity contribution in [2.75, 3.05) is 19.0 Å². The Morgan fingerprint density at radius 3 is 2.46 bits per heavy atom. The number of carbonyl (C=O) groups excluding carboxylic acids is 1. The van der Waals surface area contributed by atoms with Crippen LogP contribution in [-0.4, -0.2) is 24.6 Å². The van der Waals surface area contributed by atoms with Crippen molar-refractivity contribution in [3.8, 4) is 11.1 Å². The van der Waals surface area contributed by atoms with Crippen molar-refractivity contribution in [1.29, 1.82) is 0 Å². The van der Waals surface area contributed by atoms with Crippen LogP contribution >= 0.6 is 0 Å². The number of benzene rings is 2. The number of esters is 1. The molecule has 0 aliphatic rings. The minimum absolute atomic E-state index is 0.0445. The summed E-state index contributed by atoms with van der Waals surface area (Å²) in [6, 6.07) is 14.1. The minimum Gasteiger partial charge on any atom is -0.468 e. The van der Waals surface area contributed by atoms with Crippen LogP contribution in [0.25, 0.3) is 21.9 Å². The molecular formula is C19H17FN2O2. The van der Waals surface area contributed by atoms with E-state index in [1.807, 2.05) is 31.2 Å². The van der Waals surface area contributed by atoms with Gasteiger partial charge in [0.05, 0.1) is 7.11 Å². The first-order valence-electron chi connectivity index (χ1n) is 7.56. The Hall–Kier alpha value is -2.95. The van der Waals surface area contributed by atoms with Crippen LogP contribution < -0.4 is 5.32 Å². The Morgan fingerprint density at radius 1 is 1.12 bits per heavy atom. The summed E-state index contributed by atoms with van der Waals surface area (Å²) in [6.07, 6.45) is 0. The lowest BCUT2D eigenvalue weighted by atomic mass is 9.97. The molecule has 24 heavy (non-hydrogen) atoms. The molecule has 1 aromatic heterocycles. The van der Waals surface area contributed by atoms with Crippen LogP contribution in [0.2, 0.25) is 0 Å². The number of carbonyl (C=O) groups is 1. The first kappa shape index (κ1) is 15.9. The maximum atomic E-state index is 13.2. The second kappa shape index (κ2) is 6.66. The molecular weight excluding hydrogens is 307 g/mol. The molecule has 2 aromatic carbocycles. The number of pyridine rings is 1. The smallest absolute Gasteiger partial charge is 0.325 e. The number of halogens is 1. The number of aryl methyl sites for hydroxylation is 1. The third-order valence-corrected chi connectivity index (χ3v) is 3.85. The molecule has 0 saturated heterocycles. The predicted molar refractivity (Wildman–Crippen MR) is 92.4 cm³/mol. The molecule has 0 aliphatic carbocycles. The zero-order chi connectivity index (χ0) is 17.1. The lowest BCUT2D eigenvalue weighted by molar-refractivity contribution is -0.138. The number of rotatable bonds is 4. The van der Waals surface area contributed by atoms with Gasteiger partial charge in [-0.15, -0.1) is 0 Å². The first-order valence-corrected chi connectivity index (χ1v) is 7.56. The van der Waals surface area contributed by atoms with Crippen LogP contribution in [0.15, 0.2) is 48.5 Å². The van der Waals surface area contributed by atoms with Gasteiger partial charge in [-0.05, 0) is 30.0 Å². The Morgan fingerprint density at radius 2 is 1.79 bits per heavy atom. The van der Waals surface area contributed by atoms with Gasteiger partial charge in [0, 0.05) is 16.6 Å². The van der Waals surface area contributed by atoms with E-state index in [0.29, 0.717) is 5.82 Å². The number of hydrogen-bond acceptors (Lipinski definition) is 4. The van der Waals surface area contributed by atoms with Gasteiger partial charge in [-0.3, -0.25) is 4.79 Å². The van der Waals surface area contributed by atoms with Crippen LogP contribution in [0.4, 0.5) is 10.2 Å². The summed E-state index contributed by atoms with van der Waals surface area (Å²) in [4.78, 5) is 16.0. The summed E-state index contributed by atoms with van der Waals surface area (Å²) in [5, 5.41) is 4.91. The Balaban J connectivity index is 2.13. The highest BCUT2D eigenvalue weighted by molar-refractivity contribution is 6.03. The van der Waals surface area contributed by atoms with Crippen molar-refractivity contribution in [2.24, 2.45) is 0 Å². The van der Waals surface area contributed by atoms with Gasteiger partial charge < -0.3 is 10.1 Å². The number of aromatic nitrogens is 1. The highest BCUT2D eigenvalue weighted by Crippen LogP contribution is 2.34. The fourth-order valence-electron chi connectivity index (χ4n) is 2.73. The van der Waals surface area contributed by atoms with E-state index in [0.717, 1.165) is 27.6 Å². The number of nitrogens with one attached hydrogen (secondary N) is 1. The fourth-order valence-corrected chi connectivity index (χ4v) is 2.73. The summed E-state index contributed by atoms with van der Waals surface area (Å²) >= 11 is 0. The summed E-state index contributed by atoms with van der Waals surface area (Å²) in [5.74, 6) is -0.00876. The number of nitrogens with zero attached hydrogens (tertiary/aromatic N) is 1. The second-order valence-corrected chi connectivity index (χ2v) is 5.40. The van der Waals surface area contributed by atoms with Gasteiger partial charge >= 0.3 is 5.97 Å². The Labute approximate surface area is 139 Å². The Kier molecular flexibility index (Phi) is 4.42. The quantitative estimate of drug-likeness (QED) is 0.739. The molecule has 3 aromatic rings. The molecule has 0 unspecified atom stereocenters. The molecule has 0 aliphatic heterocycles. The summed E-state index contributed by atoms with van der Waals surface area (Å²) < 4.78 is 17.9. The number of methoxy groups -OCH3 is 1. The molecule has 0 saturated carbocycles. The standard InChI is InChI=1S/C19H17FN2O2/c1-12-18(13-7-9-14(20)10-8-13)15-5-3-4-6-16(15)19(22-12)21-11-17(23)24-2/h3-10H,11H2,1-2H3,(H,21,22). The van der Waals surface area contributed by atoms with Crippen LogP contribution in [0.3, 0.4) is 0 Å². The highest BCUT2D eigenvalue weighted by atomic mass is 19.1. The van der Waals surface area contributed by atoms with E-state index in [-0.39, 0.29) is 18.3 Å². The SMILES string of the molecule is COC(=O)CNc1nc(C)c(-c2ccc(F)cc2)c2ccccc12. The number of anilines is 1. The van der Waals surface area contributed by atoms with E-state index in [2.05, 4.69) is 15.0 Å². The van der Waals surface area contributed by atoms with E-state index >= 15 is 0 Å². The highest BCUT2D eigenvalue weighted by Gasteiger charge is 2.13. The van der Waals surface area contributed by atoms with E-state index in [1.54, 1.807) is 12.1 Å². The average molecular weight is 324 g/mol. The maximum absolute atomic E-state index is 13.2. The molecule has 5 heteroatoms. The number of fused-ring (bicyclic) bond motifs is 1. The summed E-state index contributed by atoms with van der Waals surface area (Å²) in [7, 11) is 1.35. The lowest BCUT2D eigenvalue weighted by Gasteiger charge is -2.15. The van der Waals surface area contributed by atoms with Crippen molar-refractivity contribution in [1.82, 2.24) is 4.98 Å². The van der Waals surface area contributed by atoms with Crippen LogP contribution in [0, 0.1) is 12.7 Å². The molecule has 0 radical (unpaired) electrons. The van der Waals surface area contributed by atoms with Gasteiger partial charge in [0.2, 0.25) is 0 Å². The van der Waals surface area contributed by atoms with Crippen molar-refractivity contribution >= 4 is 22.6 Å². The van der Waals surface area contributed by atoms with Gasteiger partial charge in [-0.25, -0.2) is 9.37 Å². The molecule has 0 atom stereocenters. The van der Waals surface area contributed by atoms with Gasteiger partial charge in [-0.2, -0.15) is 0 Å². The lowest BCUT2D eigenvalue weighted by Crippen LogP contribution is -2.16. The van der Waals surface area contributed by atoms with E-state index in [9.17, 15) is 9.18 Å². The Bertz CT molecular complexity index is 892. The largest absolute Gasteiger partial charge is 0.468 e. The zero-order valence-corrected chi connectivity index (χ0v) is 13.5. The molecule has 122 valence electrons. The van der Waals surface area contributed by atoms with Crippen molar-refractivity contribution in [3.05, 3.63) is 60.0 Å². The topological polar surface area (TPSA) is 51.2 Å². The van der Waals surface area contributed by atoms with Crippen LogP contribution in [-0.2, 0) is 9.53 Å². The molecule has 0 fully saturated rings. The fraction of sp³-hybridized carbons (Fsp3) is 0.158. The second-order valence-electron chi connectivity index (χ2n) is 5.40. The zero-order valence-electron chi connectivity index (χ0n) is 13.5. The molecule has 0 amide bonds. The molecule has 4 nitrogen and oxygen atoms in total. The summed E-state index contributed by atoms with van der Waals surface area (Å²) in [5.41, 5.74) is 2.65. The number of hydrogen-bond donors (Lipinski definition) is 1. The average Bonchev–Trinajstić information content (AvgIpc) is 2.60. The first-order chi connectivity index (χ1) is 11.6. The minimum atomic E-state index is -0.360. The van der Waals surface area contributed by atoms with Gasteiger partial charge in [0.15, 0.2) is 0 Å². The normalized spacial score (nSPS) is 10.6. The van der Waals surface area contributed by atoms with Crippen LogP contribution in [0.5, 0.6) is 0 Å². The third-order valence-electron chi connectivity index (χ3n) is 3.85. The van der Waals surface area contributed by atoms with E-state index in [1.165, 1.54) is 19.2 Å². The van der Waals surface area contributed by atoms with E-state index in [4.69, 9.17) is 0 Å². The van der Waals surface area contributed by atoms with Gasteiger partial charge in [-0.1, -0.05) is 36.4 Å². The van der Waals surface area contributed by atoms with Gasteiger partial charge in [0.1, 0.15) is 18.2 Å². The summed E-state index contributed by atoms with van der Waals surface area (Å²) in [6.45, 7) is 1.94. The van der Waals surface area contributed by atoms with E-state index < -0.39 is 0 Å². The monoisotopic (exact) mass is 324 g/mol. The van der Waals surface area contributed by atoms with Crippen LogP contribution in [0.1, 0.15) is 5.69 Å². The molecule has 0 bridgehead atoms. The van der Waals surface area contributed by atoms with Crippen molar-refractivity contribution in [3.63, 3.8) is 0 Å². The molecule has 0 spiro atoms. The third kappa shape index (κ3) is 3.06. The number of ether oxygens (including phenoxy) is 1. The van der Waals surface area contributed by atoms with Gasteiger partial charge in [0.25, 0.3) is 0 Å². The van der Waals surface area contributed by atoms with Crippen molar-refractivity contribution in [2.45, 2.75) is 6.92 Å². The van der Waals surface area contributed by atoms with Crippen molar-refractivity contribution < 1.29 is 13.9 Å². The molecule has 1 N–H and O–H groups in total.